The second kappa shape index (κ2) is 7.90. The van der Waals surface area contributed by atoms with Crippen molar-refractivity contribution in [2.24, 2.45) is 11.8 Å². The van der Waals surface area contributed by atoms with E-state index in [2.05, 4.69) is 27.4 Å². The summed E-state index contributed by atoms with van der Waals surface area (Å²) in [6, 6.07) is 3.72. The molecule has 0 aromatic heterocycles. The quantitative estimate of drug-likeness (QED) is 0.504. The summed E-state index contributed by atoms with van der Waals surface area (Å²) in [6.07, 6.45) is 7.68. The number of phenolic OH excluding ortho intramolecular Hbond substituents is 2. The van der Waals surface area contributed by atoms with Gasteiger partial charge in [0.05, 0.1) is 0 Å². The molecule has 0 bridgehead atoms. The minimum Gasteiger partial charge on any atom is -0.508 e. The second-order valence-corrected chi connectivity index (χ2v) is 7.48. The smallest absolute Gasteiger partial charge is 0.123 e. The first-order valence-electron chi connectivity index (χ1n) is 9.14. The Hall–Kier alpha value is -1.44. The molecule has 2 N–H and O–H groups in total. The van der Waals surface area contributed by atoms with Gasteiger partial charge in [-0.3, -0.25) is 0 Å². The van der Waals surface area contributed by atoms with Crippen LogP contribution in [-0.2, 0) is 6.42 Å². The molecular weight excluding hydrogens is 284 g/mol. The Labute approximate surface area is 141 Å². The molecule has 3 atom stereocenters. The van der Waals surface area contributed by atoms with E-state index in [0.717, 1.165) is 42.4 Å². The van der Waals surface area contributed by atoms with Gasteiger partial charge >= 0.3 is 0 Å². The summed E-state index contributed by atoms with van der Waals surface area (Å²) in [6.45, 7) is 10.7. The molecule has 0 heterocycles. The molecule has 1 fully saturated rings. The van der Waals surface area contributed by atoms with Crippen molar-refractivity contribution in [3.05, 3.63) is 35.4 Å². The van der Waals surface area contributed by atoms with Crippen LogP contribution in [0.25, 0.3) is 0 Å². The Morgan fingerprint density at radius 3 is 2.39 bits per heavy atom. The molecule has 128 valence electrons. The van der Waals surface area contributed by atoms with Crippen molar-refractivity contribution in [2.45, 2.75) is 71.6 Å². The van der Waals surface area contributed by atoms with Crippen molar-refractivity contribution >= 4 is 0 Å². The molecular formula is C21H32O2. The lowest BCUT2D eigenvalue weighted by Gasteiger charge is -2.36. The van der Waals surface area contributed by atoms with E-state index in [9.17, 15) is 10.2 Å². The summed E-state index contributed by atoms with van der Waals surface area (Å²) in [5.41, 5.74) is 2.93. The largest absolute Gasteiger partial charge is 0.508 e. The molecule has 2 heteroatoms. The van der Waals surface area contributed by atoms with Gasteiger partial charge in [0.2, 0.25) is 0 Å². The molecule has 0 saturated heterocycles. The first-order chi connectivity index (χ1) is 10.9. The van der Waals surface area contributed by atoms with Gasteiger partial charge in [0.25, 0.3) is 0 Å². The highest BCUT2D eigenvalue weighted by molar-refractivity contribution is 5.49. The Balaban J connectivity index is 2.28. The topological polar surface area (TPSA) is 40.5 Å². The molecule has 0 spiro atoms. The van der Waals surface area contributed by atoms with E-state index in [0.29, 0.717) is 11.8 Å². The zero-order valence-electron chi connectivity index (χ0n) is 14.9. The van der Waals surface area contributed by atoms with Crippen molar-refractivity contribution < 1.29 is 10.2 Å². The first kappa shape index (κ1) is 17.9. The van der Waals surface area contributed by atoms with Crippen LogP contribution in [0.15, 0.2) is 24.3 Å². The average Bonchev–Trinajstić information content (AvgIpc) is 2.46. The van der Waals surface area contributed by atoms with Crippen LogP contribution >= 0.6 is 0 Å². The fourth-order valence-corrected chi connectivity index (χ4v) is 4.07. The highest BCUT2D eigenvalue weighted by atomic mass is 16.3. The van der Waals surface area contributed by atoms with E-state index in [-0.39, 0.29) is 17.4 Å². The van der Waals surface area contributed by atoms with Crippen LogP contribution in [0.1, 0.15) is 76.3 Å². The zero-order chi connectivity index (χ0) is 17.0. The molecule has 0 aliphatic heterocycles. The molecule has 1 aromatic carbocycles. The van der Waals surface area contributed by atoms with Gasteiger partial charge in [0, 0.05) is 5.56 Å². The standard InChI is InChI=1S/C21H32O2/c1-5-6-7-8-16-12-19(22)21(20(23)13-16)18-11-15(4)9-10-17(18)14(2)3/h12-13,15,17-18,22-23H,2,5-11H2,1,3-4H3/t15?,17?,18-/m1/s1. The van der Waals surface area contributed by atoms with Crippen LogP contribution in [0, 0.1) is 11.8 Å². The minimum atomic E-state index is 0.181. The van der Waals surface area contributed by atoms with E-state index in [1.165, 1.54) is 19.3 Å². The van der Waals surface area contributed by atoms with Crippen LogP contribution in [0.4, 0.5) is 0 Å². The number of aryl methyl sites for hydroxylation is 1. The minimum absolute atomic E-state index is 0.181. The van der Waals surface area contributed by atoms with Crippen molar-refractivity contribution in [2.75, 3.05) is 0 Å². The summed E-state index contributed by atoms with van der Waals surface area (Å²) >= 11 is 0. The SMILES string of the molecule is C=C(C)C1CCC(C)C[C@H]1c1c(O)cc(CCCCC)cc1O. The molecule has 2 unspecified atom stereocenters. The summed E-state index contributed by atoms with van der Waals surface area (Å²) in [5, 5.41) is 21.2. The van der Waals surface area contributed by atoms with Crippen molar-refractivity contribution in [3.8, 4) is 11.5 Å². The maximum atomic E-state index is 10.6. The predicted octanol–water partition coefficient (Wildman–Crippen LogP) is 5.93. The number of unbranched alkanes of at least 4 members (excludes halogenated alkanes) is 2. The summed E-state index contributed by atoms with van der Waals surface area (Å²) in [7, 11) is 0. The van der Waals surface area contributed by atoms with Crippen LogP contribution in [0.3, 0.4) is 0 Å². The van der Waals surface area contributed by atoms with Gasteiger partial charge in [-0.15, -0.1) is 0 Å². The van der Waals surface area contributed by atoms with Gasteiger partial charge in [-0.05, 0) is 68.1 Å². The Morgan fingerprint density at radius 2 is 1.83 bits per heavy atom. The van der Waals surface area contributed by atoms with Crippen LogP contribution in [0.2, 0.25) is 0 Å². The summed E-state index contributed by atoms with van der Waals surface area (Å²) < 4.78 is 0. The number of hydrogen-bond donors (Lipinski definition) is 2. The highest BCUT2D eigenvalue weighted by Gasteiger charge is 2.33. The lowest BCUT2D eigenvalue weighted by Crippen LogP contribution is -2.23. The fraction of sp³-hybridized carbons (Fsp3) is 0.619. The molecule has 1 aliphatic rings. The van der Waals surface area contributed by atoms with Crippen molar-refractivity contribution in [3.63, 3.8) is 0 Å². The van der Waals surface area contributed by atoms with Gasteiger partial charge in [-0.2, -0.15) is 0 Å². The number of aromatic hydroxyl groups is 2. The third-order valence-electron chi connectivity index (χ3n) is 5.38. The number of benzene rings is 1. The van der Waals surface area contributed by atoms with Crippen LogP contribution in [0.5, 0.6) is 11.5 Å². The molecule has 1 aromatic rings. The lowest BCUT2D eigenvalue weighted by atomic mass is 9.69. The summed E-state index contributed by atoms with van der Waals surface area (Å²) in [4.78, 5) is 0. The molecule has 0 amide bonds. The molecule has 2 rings (SSSR count). The third-order valence-corrected chi connectivity index (χ3v) is 5.38. The van der Waals surface area contributed by atoms with Gasteiger partial charge in [0.15, 0.2) is 0 Å². The van der Waals surface area contributed by atoms with Crippen molar-refractivity contribution in [1.82, 2.24) is 0 Å². The molecule has 1 saturated carbocycles. The number of allylic oxidation sites excluding steroid dienone is 1. The monoisotopic (exact) mass is 316 g/mol. The third kappa shape index (κ3) is 4.31. The van der Waals surface area contributed by atoms with Gasteiger partial charge in [-0.25, -0.2) is 0 Å². The highest BCUT2D eigenvalue weighted by Crippen LogP contribution is 2.49. The maximum absolute atomic E-state index is 10.6. The zero-order valence-corrected chi connectivity index (χ0v) is 14.9. The normalized spacial score (nSPS) is 24.6. The number of phenols is 2. The number of hydrogen-bond acceptors (Lipinski definition) is 2. The molecule has 0 radical (unpaired) electrons. The number of rotatable bonds is 6. The van der Waals surface area contributed by atoms with E-state index in [1.807, 2.05) is 12.1 Å². The molecule has 23 heavy (non-hydrogen) atoms. The predicted molar refractivity (Wildman–Crippen MR) is 97.1 cm³/mol. The van der Waals surface area contributed by atoms with Crippen LogP contribution in [-0.4, -0.2) is 10.2 Å². The Bertz CT molecular complexity index is 524. The Kier molecular flexibility index (Phi) is 6.15. The summed E-state index contributed by atoms with van der Waals surface area (Å²) in [5.74, 6) is 1.69. The lowest BCUT2D eigenvalue weighted by molar-refractivity contribution is 0.267. The average molecular weight is 316 g/mol. The van der Waals surface area contributed by atoms with E-state index in [4.69, 9.17) is 0 Å². The maximum Gasteiger partial charge on any atom is 0.123 e. The van der Waals surface area contributed by atoms with E-state index >= 15 is 0 Å². The van der Waals surface area contributed by atoms with Crippen molar-refractivity contribution in [1.29, 1.82) is 0 Å². The van der Waals surface area contributed by atoms with E-state index < -0.39 is 0 Å². The molecule has 1 aliphatic carbocycles. The molecule has 2 nitrogen and oxygen atoms in total. The fourth-order valence-electron chi connectivity index (χ4n) is 4.07. The van der Waals surface area contributed by atoms with Crippen LogP contribution < -0.4 is 0 Å². The second-order valence-electron chi connectivity index (χ2n) is 7.48. The van der Waals surface area contributed by atoms with E-state index in [1.54, 1.807) is 0 Å². The van der Waals surface area contributed by atoms with Gasteiger partial charge < -0.3 is 10.2 Å². The first-order valence-corrected chi connectivity index (χ1v) is 9.14. The van der Waals surface area contributed by atoms with Gasteiger partial charge in [0.1, 0.15) is 11.5 Å². The Morgan fingerprint density at radius 1 is 1.17 bits per heavy atom. The van der Waals surface area contributed by atoms with Gasteiger partial charge in [-0.1, -0.05) is 45.3 Å².